The molecule has 0 atom stereocenters. The Bertz CT molecular complexity index is 940. The molecule has 8 heteroatoms. The average Bonchev–Trinajstić information content (AvgIpc) is 3.10. The number of benzene rings is 2. The van der Waals surface area contributed by atoms with Crippen molar-refractivity contribution in [3.8, 4) is 11.4 Å². The number of carbonyl (C=O) groups excluding carboxylic acids is 2. The van der Waals surface area contributed by atoms with Crippen LogP contribution >= 0.6 is 23.4 Å². The summed E-state index contributed by atoms with van der Waals surface area (Å²) in [5.41, 5.74) is 1.84. The first-order valence-corrected chi connectivity index (χ1v) is 9.10. The van der Waals surface area contributed by atoms with Crippen LogP contribution in [0.5, 0.6) is 0 Å². The van der Waals surface area contributed by atoms with Crippen molar-refractivity contribution in [3.05, 3.63) is 59.1 Å². The summed E-state index contributed by atoms with van der Waals surface area (Å²) in [6, 6.07) is 14.1. The van der Waals surface area contributed by atoms with Gasteiger partial charge in [0.2, 0.25) is 11.1 Å². The average molecular weight is 387 g/mol. The molecule has 0 aliphatic heterocycles. The first-order valence-electron chi connectivity index (χ1n) is 7.74. The molecule has 1 amide bonds. The van der Waals surface area contributed by atoms with Crippen molar-refractivity contribution in [2.45, 2.75) is 12.1 Å². The minimum atomic E-state index is -0.235. The Kier molecular flexibility index (Phi) is 5.70. The van der Waals surface area contributed by atoms with Gasteiger partial charge < -0.3 is 5.32 Å². The largest absolute Gasteiger partial charge is 0.325 e. The Morgan fingerprint density at radius 1 is 1.15 bits per heavy atom. The third-order valence-corrected chi connectivity index (χ3v) is 4.59. The van der Waals surface area contributed by atoms with E-state index in [9.17, 15) is 9.59 Å². The van der Waals surface area contributed by atoms with Crippen LogP contribution in [-0.2, 0) is 4.79 Å². The van der Waals surface area contributed by atoms with Gasteiger partial charge in [0.25, 0.3) is 0 Å². The van der Waals surface area contributed by atoms with Gasteiger partial charge >= 0.3 is 0 Å². The van der Waals surface area contributed by atoms with Gasteiger partial charge in [-0.05, 0) is 43.3 Å². The van der Waals surface area contributed by atoms with E-state index in [0.717, 1.165) is 5.56 Å². The summed E-state index contributed by atoms with van der Waals surface area (Å²) in [7, 11) is 0. The lowest BCUT2D eigenvalue weighted by Crippen LogP contribution is -2.16. The Morgan fingerprint density at radius 3 is 2.62 bits per heavy atom. The number of hydrogen-bond acceptors (Lipinski definition) is 5. The third kappa shape index (κ3) is 4.50. The van der Waals surface area contributed by atoms with Crippen LogP contribution in [0.3, 0.4) is 0 Å². The van der Waals surface area contributed by atoms with Crippen LogP contribution in [0.15, 0.2) is 53.7 Å². The summed E-state index contributed by atoms with van der Waals surface area (Å²) >= 11 is 7.07. The summed E-state index contributed by atoms with van der Waals surface area (Å²) in [5, 5.41) is 10.8. The maximum Gasteiger partial charge on any atom is 0.234 e. The van der Waals surface area contributed by atoms with E-state index in [4.69, 9.17) is 11.6 Å². The normalized spacial score (nSPS) is 10.5. The number of anilines is 1. The topological polar surface area (TPSA) is 87.7 Å². The number of ketones is 1. The van der Waals surface area contributed by atoms with Gasteiger partial charge in [0.15, 0.2) is 11.6 Å². The number of aromatic nitrogens is 3. The van der Waals surface area contributed by atoms with E-state index in [1.807, 2.05) is 12.1 Å². The van der Waals surface area contributed by atoms with E-state index in [-0.39, 0.29) is 17.4 Å². The molecular weight excluding hydrogens is 372 g/mol. The molecule has 3 rings (SSSR count). The zero-order valence-corrected chi connectivity index (χ0v) is 15.4. The molecule has 6 nitrogen and oxygen atoms in total. The molecule has 132 valence electrons. The number of thioether (sulfide) groups is 1. The maximum atomic E-state index is 12.2. The number of amides is 1. The first-order chi connectivity index (χ1) is 12.5. The van der Waals surface area contributed by atoms with Gasteiger partial charge in [0, 0.05) is 16.1 Å². The standard InChI is InChI=1S/C18H15ClN4O2S/c1-11(24)14-4-2-3-5-15(14)20-16(25)10-26-18-21-17(22-23-18)12-6-8-13(19)9-7-12/h2-9H,10H2,1H3,(H,20,25)(H,21,22,23). The lowest BCUT2D eigenvalue weighted by molar-refractivity contribution is -0.113. The van der Waals surface area contributed by atoms with Crippen molar-refractivity contribution in [2.24, 2.45) is 0 Å². The van der Waals surface area contributed by atoms with Crippen molar-refractivity contribution in [2.75, 3.05) is 11.1 Å². The monoisotopic (exact) mass is 386 g/mol. The van der Waals surface area contributed by atoms with Gasteiger partial charge in [-0.1, -0.05) is 35.5 Å². The van der Waals surface area contributed by atoms with Crippen molar-refractivity contribution < 1.29 is 9.59 Å². The number of nitrogens with one attached hydrogen (secondary N) is 2. The number of para-hydroxylation sites is 1. The van der Waals surface area contributed by atoms with E-state index >= 15 is 0 Å². The summed E-state index contributed by atoms with van der Waals surface area (Å²) in [5.74, 6) is 0.396. The second-order valence-corrected chi connectivity index (χ2v) is 6.79. The highest BCUT2D eigenvalue weighted by molar-refractivity contribution is 7.99. The molecule has 2 aromatic carbocycles. The Balaban J connectivity index is 1.60. The van der Waals surface area contributed by atoms with Crippen molar-refractivity contribution >= 4 is 40.7 Å². The molecule has 0 bridgehead atoms. The number of H-pyrrole nitrogens is 1. The Morgan fingerprint density at radius 2 is 1.88 bits per heavy atom. The molecule has 0 spiro atoms. The fourth-order valence-electron chi connectivity index (χ4n) is 2.26. The quantitative estimate of drug-likeness (QED) is 0.492. The lowest BCUT2D eigenvalue weighted by Gasteiger charge is -2.08. The summed E-state index contributed by atoms with van der Waals surface area (Å²) in [6.45, 7) is 1.46. The highest BCUT2D eigenvalue weighted by Crippen LogP contribution is 2.21. The maximum absolute atomic E-state index is 12.2. The molecule has 2 N–H and O–H groups in total. The minimum Gasteiger partial charge on any atom is -0.325 e. The van der Waals surface area contributed by atoms with Crippen LogP contribution in [0.25, 0.3) is 11.4 Å². The predicted molar refractivity (Wildman–Crippen MR) is 103 cm³/mol. The van der Waals surface area contributed by atoms with Crippen molar-refractivity contribution in [1.29, 1.82) is 0 Å². The van der Waals surface area contributed by atoms with Gasteiger partial charge in [-0.15, -0.1) is 5.10 Å². The highest BCUT2D eigenvalue weighted by Gasteiger charge is 2.12. The Labute approximate surface area is 159 Å². The Hall–Kier alpha value is -2.64. The molecule has 0 aliphatic carbocycles. The lowest BCUT2D eigenvalue weighted by atomic mass is 10.1. The van der Waals surface area contributed by atoms with Gasteiger partial charge in [-0.3, -0.25) is 14.7 Å². The number of rotatable bonds is 6. The van der Waals surface area contributed by atoms with Crippen LogP contribution in [-0.4, -0.2) is 32.6 Å². The zero-order chi connectivity index (χ0) is 18.5. The number of hydrogen-bond donors (Lipinski definition) is 2. The second kappa shape index (κ2) is 8.16. The smallest absolute Gasteiger partial charge is 0.234 e. The fourth-order valence-corrected chi connectivity index (χ4v) is 2.99. The molecule has 0 unspecified atom stereocenters. The van der Waals surface area contributed by atoms with E-state index in [2.05, 4.69) is 20.5 Å². The second-order valence-electron chi connectivity index (χ2n) is 5.41. The number of halogens is 1. The van der Waals surface area contributed by atoms with E-state index in [1.165, 1.54) is 18.7 Å². The van der Waals surface area contributed by atoms with Gasteiger partial charge in [0.05, 0.1) is 11.4 Å². The van der Waals surface area contributed by atoms with E-state index in [0.29, 0.717) is 27.3 Å². The molecule has 0 saturated carbocycles. The summed E-state index contributed by atoms with van der Waals surface area (Å²) < 4.78 is 0. The number of carbonyl (C=O) groups is 2. The summed E-state index contributed by atoms with van der Waals surface area (Å²) in [4.78, 5) is 28.1. The fraction of sp³-hybridized carbons (Fsp3) is 0.111. The molecule has 3 aromatic rings. The van der Waals surface area contributed by atoms with Crippen LogP contribution in [0.4, 0.5) is 5.69 Å². The molecule has 0 saturated heterocycles. The molecule has 1 heterocycles. The predicted octanol–water partition coefficient (Wildman–Crippen LogP) is 4.06. The van der Waals surface area contributed by atoms with Gasteiger partial charge in [-0.25, -0.2) is 4.98 Å². The van der Waals surface area contributed by atoms with Crippen molar-refractivity contribution in [1.82, 2.24) is 15.2 Å². The van der Waals surface area contributed by atoms with Crippen molar-refractivity contribution in [3.63, 3.8) is 0 Å². The molecule has 26 heavy (non-hydrogen) atoms. The molecule has 1 aromatic heterocycles. The number of Topliss-reactive ketones (excluding diaryl/α,β-unsaturated/α-hetero) is 1. The first kappa shape index (κ1) is 18.2. The zero-order valence-electron chi connectivity index (χ0n) is 13.8. The van der Waals surface area contributed by atoms with Crippen LogP contribution in [0.1, 0.15) is 17.3 Å². The van der Waals surface area contributed by atoms with E-state index < -0.39 is 0 Å². The van der Waals surface area contributed by atoms with Crippen LogP contribution in [0, 0.1) is 0 Å². The molecule has 0 fully saturated rings. The van der Waals surface area contributed by atoms with Gasteiger partial charge in [-0.2, -0.15) is 0 Å². The molecule has 0 radical (unpaired) electrons. The summed E-state index contributed by atoms with van der Waals surface area (Å²) in [6.07, 6.45) is 0. The highest BCUT2D eigenvalue weighted by atomic mass is 35.5. The number of nitrogens with zero attached hydrogens (tertiary/aromatic N) is 2. The molecular formula is C18H15ClN4O2S. The van der Waals surface area contributed by atoms with Crippen LogP contribution in [0.2, 0.25) is 5.02 Å². The van der Waals surface area contributed by atoms with E-state index in [1.54, 1.807) is 36.4 Å². The number of aromatic amines is 1. The SMILES string of the molecule is CC(=O)c1ccccc1NC(=O)CSc1n[nH]c(-c2ccc(Cl)cc2)n1. The molecule has 0 aliphatic rings. The minimum absolute atomic E-state index is 0.102. The third-order valence-electron chi connectivity index (χ3n) is 3.50. The van der Waals surface area contributed by atoms with Crippen LogP contribution < -0.4 is 5.32 Å². The van der Waals surface area contributed by atoms with Gasteiger partial charge in [0.1, 0.15) is 0 Å².